The van der Waals surface area contributed by atoms with Crippen molar-refractivity contribution >= 4 is 5.84 Å². The van der Waals surface area contributed by atoms with Gasteiger partial charge in [-0.3, -0.25) is 4.99 Å². The van der Waals surface area contributed by atoms with Crippen LogP contribution in [-0.2, 0) is 0 Å². The Morgan fingerprint density at radius 2 is 1.91 bits per heavy atom. The highest BCUT2D eigenvalue weighted by atomic mass is 15.0. The van der Waals surface area contributed by atoms with Crippen molar-refractivity contribution in [3.63, 3.8) is 0 Å². The lowest BCUT2D eigenvalue weighted by atomic mass is 10.3. The van der Waals surface area contributed by atoms with Gasteiger partial charge in [0.25, 0.3) is 0 Å². The Kier molecular flexibility index (Phi) is 4.36. The molecule has 0 saturated heterocycles. The summed E-state index contributed by atoms with van der Waals surface area (Å²) in [5.41, 5.74) is 0. The van der Waals surface area contributed by atoms with Crippen LogP contribution >= 0.6 is 0 Å². The average molecular weight is 152 g/mol. The maximum Gasteiger partial charge on any atom is 0.174 e. The van der Waals surface area contributed by atoms with Gasteiger partial charge < -0.3 is 5.32 Å². The van der Waals surface area contributed by atoms with Gasteiger partial charge in [0.2, 0.25) is 0 Å². The molecule has 0 aliphatic heterocycles. The van der Waals surface area contributed by atoms with Crippen molar-refractivity contribution in [3.05, 3.63) is 0 Å². The van der Waals surface area contributed by atoms with Crippen molar-refractivity contribution in [1.29, 1.82) is 0 Å². The molecule has 0 aliphatic carbocycles. The topological polar surface area (TPSA) is 24.4 Å². The Balaban J connectivity index is 4.09. The van der Waals surface area contributed by atoms with E-state index in [1.165, 1.54) is 0 Å². The van der Waals surface area contributed by atoms with Gasteiger partial charge in [-0.25, -0.2) is 0 Å². The summed E-state index contributed by atoms with van der Waals surface area (Å²) in [6.45, 7) is 8.07. The van der Waals surface area contributed by atoms with Crippen LogP contribution in [0.2, 0.25) is 0 Å². The Hall–Kier alpha value is -0.970. The first kappa shape index (κ1) is 10.0. The van der Waals surface area contributed by atoms with Crippen molar-refractivity contribution in [3.8, 4) is 12.3 Å². The molecule has 0 aromatic rings. The highest BCUT2D eigenvalue weighted by Crippen LogP contribution is 1.87. The van der Waals surface area contributed by atoms with E-state index in [1.54, 1.807) is 0 Å². The molecule has 62 valence electrons. The van der Waals surface area contributed by atoms with Crippen molar-refractivity contribution in [2.24, 2.45) is 4.99 Å². The maximum atomic E-state index is 5.23. The second-order valence-corrected chi connectivity index (χ2v) is 3.01. The summed E-state index contributed by atoms with van der Waals surface area (Å²) in [4.78, 5) is 4.20. The van der Waals surface area contributed by atoms with Gasteiger partial charge in [0.15, 0.2) is 5.84 Å². The standard InChI is InChI=1S/C9H16N2/c1-6-9(10-7(2)3)11-8(4)5/h1,7-8H,2-5H3,(H,10,11). The van der Waals surface area contributed by atoms with Gasteiger partial charge in [0.1, 0.15) is 0 Å². The molecule has 0 rings (SSSR count). The summed E-state index contributed by atoms with van der Waals surface area (Å²) in [6, 6.07) is 0.607. The molecule has 2 nitrogen and oxygen atoms in total. The SMILES string of the molecule is C#CC(=NC(C)C)NC(C)C. The van der Waals surface area contributed by atoms with Crippen LogP contribution in [-0.4, -0.2) is 17.9 Å². The number of hydrogen-bond acceptors (Lipinski definition) is 1. The summed E-state index contributed by atoms with van der Waals surface area (Å²) in [5.74, 6) is 3.15. The molecule has 0 fully saturated rings. The van der Waals surface area contributed by atoms with E-state index in [4.69, 9.17) is 6.42 Å². The number of nitrogens with zero attached hydrogens (tertiary/aromatic N) is 1. The van der Waals surface area contributed by atoms with Crippen LogP contribution in [0.15, 0.2) is 4.99 Å². The second-order valence-electron chi connectivity index (χ2n) is 3.01. The molecule has 0 aliphatic rings. The maximum absolute atomic E-state index is 5.23. The summed E-state index contributed by atoms with van der Waals surface area (Å²) >= 11 is 0. The molecule has 0 aromatic heterocycles. The third-order valence-electron chi connectivity index (χ3n) is 0.949. The minimum Gasteiger partial charge on any atom is -0.361 e. The quantitative estimate of drug-likeness (QED) is 0.361. The van der Waals surface area contributed by atoms with Crippen molar-refractivity contribution in [1.82, 2.24) is 5.32 Å². The molecule has 0 aromatic carbocycles. The van der Waals surface area contributed by atoms with Crippen LogP contribution in [0, 0.1) is 12.3 Å². The fourth-order valence-corrected chi connectivity index (χ4v) is 0.648. The van der Waals surface area contributed by atoms with E-state index >= 15 is 0 Å². The molecule has 0 heterocycles. The molecular weight excluding hydrogens is 136 g/mol. The first-order valence-electron chi connectivity index (χ1n) is 3.87. The Labute approximate surface area is 69.1 Å². The predicted octanol–water partition coefficient (Wildman–Crippen LogP) is 1.42. The van der Waals surface area contributed by atoms with Crippen LogP contribution in [0.25, 0.3) is 0 Å². The number of nitrogens with one attached hydrogen (secondary N) is 1. The van der Waals surface area contributed by atoms with Crippen molar-refractivity contribution < 1.29 is 0 Å². The smallest absolute Gasteiger partial charge is 0.174 e. The fraction of sp³-hybridized carbons (Fsp3) is 0.667. The van der Waals surface area contributed by atoms with Crippen LogP contribution in [0.3, 0.4) is 0 Å². The third kappa shape index (κ3) is 5.47. The van der Waals surface area contributed by atoms with E-state index in [-0.39, 0.29) is 6.04 Å². The van der Waals surface area contributed by atoms with Gasteiger partial charge in [-0.05, 0) is 33.6 Å². The lowest BCUT2D eigenvalue weighted by Crippen LogP contribution is -2.29. The normalized spacial score (nSPS) is 11.9. The fourth-order valence-electron chi connectivity index (χ4n) is 0.648. The van der Waals surface area contributed by atoms with E-state index in [0.29, 0.717) is 11.9 Å². The summed E-state index contributed by atoms with van der Waals surface area (Å²) in [7, 11) is 0. The highest BCUT2D eigenvalue weighted by Gasteiger charge is 1.97. The zero-order chi connectivity index (χ0) is 8.85. The van der Waals surface area contributed by atoms with Gasteiger partial charge in [-0.15, -0.1) is 6.42 Å². The highest BCUT2D eigenvalue weighted by molar-refractivity contribution is 5.98. The molecule has 0 unspecified atom stereocenters. The molecule has 2 heteroatoms. The Bertz CT molecular complexity index is 172. The molecule has 0 radical (unpaired) electrons. The van der Waals surface area contributed by atoms with E-state index in [2.05, 4.69) is 16.2 Å². The Morgan fingerprint density at radius 3 is 2.18 bits per heavy atom. The van der Waals surface area contributed by atoms with Crippen LogP contribution < -0.4 is 5.32 Å². The number of hydrogen-bond donors (Lipinski definition) is 1. The lowest BCUT2D eigenvalue weighted by molar-refractivity contribution is 0.723. The molecule has 0 bridgehead atoms. The average Bonchev–Trinajstić information content (AvgIpc) is 1.84. The van der Waals surface area contributed by atoms with Gasteiger partial charge in [-0.1, -0.05) is 0 Å². The van der Waals surface area contributed by atoms with Crippen molar-refractivity contribution in [2.45, 2.75) is 39.8 Å². The van der Waals surface area contributed by atoms with Gasteiger partial charge >= 0.3 is 0 Å². The molecule has 11 heavy (non-hydrogen) atoms. The number of amidine groups is 1. The largest absolute Gasteiger partial charge is 0.361 e. The van der Waals surface area contributed by atoms with Gasteiger partial charge in [0.05, 0.1) is 0 Å². The minimum absolute atomic E-state index is 0.257. The summed E-state index contributed by atoms with van der Waals surface area (Å²) in [6.07, 6.45) is 5.23. The molecule has 0 spiro atoms. The Morgan fingerprint density at radius 1 is 1.36 bits per heavy atom. The molecule has 0 amide bonds. The van der Waals surface area contributed by atoms with E-state index < -0.39 is 0 Å². The molecular formula is C9H16N2. The van der Waals surface area contributed by atoms with Crippen LogP contribution in [0.1, 0.15) is 27.7 Å². The second kappa shape index (κ2) is 4.79. The van der Waals surface area contributed by atoms with Crippen LogP contribution in [0.5, 0.6) is 0 Å². The molecule has 0 saturated carbocycles. The first-order valence-corrected chi connectivity index (χ1v) is 3.87. The predicted molar refractivity (Wildman–Crippen MR) is 49.7 cm³/mol. The zero-order valence-corrected chi connectivity index (χ0v) is 7.68. The van der Waals surface area contributed by atoms with Crippen molar-refractivity contribution in [2.75, 3.05) is 0 Å². The van der Waals surface area contributed by atoms with Gasteiger partial charge in [0, 0.05) is 12.1 Å². The third-order valence-corrected chi connectivity index (χ3v) is 0.949. The summed E-state index contributed by atoms with van der Waals surface area (Å²) in [5, 5.41) is 3.07. The van der Waals surface area contributed by atoms with Crippen LogP contribution in [0.4, 0.5) is 0 Å². The lowest BCUT2D eigenvalue weighted by Gasteiger charge is -2.08. The number of rotatable bonds is 2. The molecule has 1 N–H and O–H groups in total. The van der Waals surface area contributed by atoms with Gasteiger partial charge in [-0.2, -0.15) is 0 Å². The first-order chi connectivity index (χ1) is 5.06. The monoisotopic (exact) mass is 152 g/mol. The van der Waals surface area contributed by atoms with E-state index in [9.17, 15) is 0 Å². The number of terminal acetylenes is 1. The minimum atomic E-state index is 0.257. The number of aliphatic imine (C=N–C) groups is 1. The summed E-state index contributed by atoms with van der Waals surface area (Å²) < 4.78 is 0. The molecule has 0 atom stereocenters. The van der Waals surface area contributed by atoms with E-state index in [1.807, 2.05) is 27.7 Å². The zero-order valence-electron chi connectivity index (χ0n) is 7.68. The van der Waals surface area contributed by atoms with E-state index in [0.717, 1.165) is 0 Å².